The second-order valence-corrected chi connectivity index (χ2v) is 5.97. The van der Waals surface area contributed by atoms with E-state index in [1.54, 1.807) is 19.2 Å². The highest BCUT2D eigenvalue weighted by atomic mass is 79.9. The summed E-state index contributed by atoms with van der Waals surface area (Å²) in [7, 11) is 1.64. The summed E-state index contributed by atoms with van der Waals surface area (Å²) in [6.07, 6.45) is 0. The number of benzene rings is 1. The van der Waals surface area contributed by atoms with E-state index >= 15 is 0 Å². The summed E-state index contributed by atoms with van der Waals surface area (Å²) in [5, 5.41) is 1.72. The Kier molecular flexibility index (Phi) is 2.75. The van der Waals surface area contributed by atoms with Crippen molar-refractivity contribution < 1.29 is 14.4 Å². The number of halogens is 1. The molecule has 0 saturated carbocycles. The molecular formula is C12H7BrN2O3S. The molecule has 96 valence electrons. The van der Waals surface area contributed by atoms with Crippen molar-refractivity contribution in [3.05, 3.63) is 33.1 Å². The predicted molar refractivity (Wildman–Crippen MR) is 75.6 cm³/mol. The van der Waals surface area contributed by atoms with Gasteiger partial charge in [-0.3, -0.25) is 19.7 Å². The summed E-state index contributed by atoms with van der Waals surface area (Å²) in [4.78, 5) is 36.9. The number of carbonyl (C=O) groups is 3. The Labute approximate surface area is 121 Å². The molecule has 2 aliphatic rings. The van der Waals surface area contributed by atoms with Crippen molar-refractivity contribution in [1.29, 1.82) is 0 Å². The third-order valence-corrected chi connectivity index (χ3v) is 4.33. The number of nitrogens with one attached hydrogen (secondary N) is 1. The van der Waals surface area contributed by atoms with E-state index in [9.17, 15) is 14.4 Å². The number of rotatable bonds is 0. The SMILES string of the molecule is CN1C(=O)/C(=C2/SC(=O)NC2=O)c2cc(Br)ccc21. The van der Waals surface area contributed by atoms with Crippen LogP contribution in [0.2, 0.25) is 0 Å². The standard InChI is InChI=1S/C12H7BrN2O3S/c1-15-7-3-2-5(13)4-6(7)8(11(15)17)9-10(16)14-12(18)19-9/h2-4H,1H3,(H,14,16,18)/b9-8+. The monoisotopic (exact) mass is 338 g/mol. The maximum Gasteiger partial charge on any atom is 0.290 e. The molecule has 7 heteroatoms. The van der Waals surface area contributed by atoms with E-state index in [1.807, 2.05) is 6.07 Å². The van der Waals surface area contributed by atoms with E-state index < -0.39 is 11.1 Å². The van der Waals surface area contributed by atoms with Gasteiger partial charge in [0.05, 0.1) is 16.2 Å². The lowest BCUT2D eigenvalue weighted by molar-refractivity contribution is -0.116. The van der Waals surface area contributed by atoms with Gasteiger partial charge in [-0.1, -0.05) is 15.9 Å². The average Bonchev–Trinajstić information content (AvgIpc) is 2.78. The largest absolute Gasteiger partial charge is 0.311 e. The van der Waals surface area contributed by atoms with Gasteiger partial charge in [-0.05, 0) is 30.0 Å². The number of likely N-dealkylation sites (N-methyl/N-ethyl adjacent to an activating group) is 1. The number of hydrogen-bond acceptors (Lipinski definition) is 4. The lowest BCUT2D eigenvalue weighted by Gasteiger charge is -2.08. The minimum Gasteiger partial charge on any atom is -0.311 e. The van der Waals surface area contributed by atoms with Gasteiger partial charge in [-0.15, -0.1) is 0 Å². The topological polar surface area (TPSA) is 66.5 Å². The van der Waals surface area contributed by atoms with Crippen LogP contribution in [-0.2, 0) is 9.59 Å². The fourth-order valence-corrected chi connectivity index (χ4v) is 3.22. The summed E-state index contributed by atoms with van der Waals surface area (Å²) < 4.78 is 0.808. The molecule has 1 aromatic carbocycles. The minimum absolute atomic E-state index is 0.165. The third-order valence-electron chi connectivity index (χ3n) is 2.95. The van der Waals surface area contributed by atoms with Gasteiger partial charge >= 0.3 is 0 Å². The van der Waals surface area contributed by atoms with Crippen LogP contribution < -0.4 is 10.2 Å². The molecule has 1 saturated heterocycles. The van der Waals surface area contributed by atoms with Gasteiger partial charge in [-0.25, -0.2) is 0 Å². The molecule has 19 heavy (non-hydrogen) atoms. The van der Waals surface area contributed by atoms with Crippen molar-refractivity contribution in [2.75, 3.05) is 11.9 Å². The van der Waals surface area contributed by atoms with Crippen molar-refractivity contribution in [1.82, 2.24) is 5.32 Å². The number of amides is 3. The zero-order chi connectivity index (χ0) is 13.7. The Hall–Kier alpha value is -1.60. The lowest BCUT2D eigenvalue weighted by atomic mass is 10.1. The summed E-state index contributed by atoms with van der Waals surface area (Å²) in [6.45, 7) is 0. The zero-order valence-corrected chi connectivity index (χ0v) is 12.1. The van der Waals surface area contributed by atoms with Gasteiger partial charge in [0.2, 0.25) is 0 Å². The van der Waals surface area contributed by atoms with Crippen LogP contribution in [0.25, 0.3) is 5.57 Å². The summed E-state index contributed by atoms with van der Waals surface area (Å²) in [5.74, 6) is -0.792. The molecule has 5 nitrogen and oxygen atoms in total. The van der Waals surface area contributed by atoms with Gasteiger partial charge in [-0.2, -0.15) is 0 Å². The van der Waals surface area contributed by atoms with Gasteiger partial charge < -0.3 is 4.90 Å². The highest BCUT2D eigenvalue weighted by Crippen LogP contribution is 2.42. The highest BCUT2D eigenvalue weighted by Gasteiger charge is 2.38. The van der Waals surface area contributed by atoms with Crippen LogP contribution in [0.15, 0.2) is 27.6 Å². The number of thioether (sulfide) groups is 1. The summed E-state index contributed by atoms with van der Waals surface area (Å²) >= 11 is 4.10. The van der Waals surface area contributed by atoms with Gasteiger partial charge in [0.25, 0.3) is 17.1 Å². The zero-order valence-electron chi connectivity index (χ0n) is 9.69. The van der Waals surface area contributed by atoms with Gasteiger partial charge in [0.1, 0.15) is 0 Å². The molecule has 0 unspecified atom stereocenters. The summed E-state index contributed by atoms with van der Waals surface area (Å²) in [5.41, 5.74) is 1.67. The van der Waals surface area contributed by atoms with Gasteiger partial charge in [0, 0.05) is 17.1 Å². The molecule has 1 N–H and O–H groups in total. The maximum atomic E-state index is 12.3. The van der Waals surface area contributed by atoms with E-state index in [0.717, 1.165) is 21.9 Å². The molecule has 1 fully saturated rings. The minimum atomic E-state index is -0.514. The first-order valence-corrected chi connectivity index (χ1v) is 6.95. The number of imide groups is 1. The Balaban J connectivity index is 2.27. The molecule has 0 spiro atoms. The first kappa shape index (κ1) is 12.4. The van der Waals surface area contributed by atoms with Crippen LogP contribution in [0.4, 0.5) is 10.5 Å². The Morgan fingerprint density at radius 2 is 2.00 bits per heavy atom. The van der Waals surface area contributed by atoms with Gasteiger partial charge in [0.15, 0.2) is 0 Å². The highest BCUT2D eigenvalue weighted by molar-refractivity contribution is 9.10. The lowest BCUT2D eigenvalue weighted by Crippen LogP contribution is -2.22. The molecule has 2 heterocycles. The molecule has 0 radical (unpaired) electrons. The van der Waals surface area contributed by atoms with Crippen LogP contribution in [0.5, 0.6) is 0 Å². The van der Waals surface area contributed by atoms with Crippen LogP contribution in [0.3, 0.4) is 0 Å². The summed E-state index contributed by atoms with van der Waals surface area (Å²) in [6, 6.07) is 5.39. The molecule has 0 atom stereocenters. The quantitative estimate of drug-likeness (QED) is 0.736. The fourth-order valence-electron chi connectivity index (χ4n) is 2.09. The predicted octanol–water partition coefficient (Wildman–Crippen LogP) is 2.12. The van der Waals surface area contributed by atoms with Crippen molar-refractivity contribution in [2.24, 2.45) is 0 Å². The average molecular weight is 339 g/mol. The number of hydrogen-bond donors (Lipinski definition) is 1. The number of carbonyl (C=O) groups excluding carboxylic acids is 3. The maximum absolute atomic E-state index is 12.3. The van der Waals surface area contributed by atoms with E-state index in [2.05, 4.69) is 21.2 Å². The van der Waals surface area contributed by atoms with Crippen molar-refractivity contribution in [3.63, 3.8) is 0 Å². The molecule has 0 aromatic heterocycles. The number of anilines is 1. The van der Waals surface area contributed by atoms with E-state index in [-0.39, 0.29) is 16.4 Å². The van der Waals surface area contributed by atoms with Crippen LogP contribution in [0, 0.1) is 0 Å². The molecule has 0 aliphatic carbocycles. The molecule has 2 aliphatic heterocycles. The van der Waals surface area contributed by atoms with Crippen molar-refractivity contribution >= 4 is 56.0 Å². The first-order valence-electron chi connectivity index (χ1n) is 5.34. The molecular weight excluding hydrogens is 332 g/mol. The second-order valence-electron chi connectivity index (χ2n) is 4.07. The Morgan fingerprint density at radius 1 is 1.26 bits per heavy atom. The smallest absolute Gasteiger partial charge is 0.290 e. The number of nitrogens with zero attached hydrogens (tertiary/aromatic N) is 1. The van der Waals surface area contributed by atoms with E-state index in [0.29, 0.717) is 5.56 Å². The van der Waals surface area contributed by atoms with Crippen molar-refractivity contribution in [2.45, 2.75) is 0 Å². The van der Waals surface area contributed by atoms with Crippen molar-refractivity contribution in [3.8, 4) is 0 Å². The first-order chi connectivity index (χ1) is 8.99. The molecule has 3 rings (SSSR count). The normalized spacial score (nSPS) is 22.0. The molecule has 1 aromatic rings. The number of fused-ring (bicyclic) bond motifs is 1. The Morgan fingerprint density at radius 3 is 2.63 bits per heavy atom. The van der Waals surface area contributed by atoms with Crippen LogP contribution in [-0.4, -0.2) is 24.1 Å². The molecule has 0 bridgehead atoms. The third kappa shape index (κ3) is 1.81. The molecule has 3 amide bonds. The van der Waals surface area contributed by atoms with Crippen LogP contribution in [0.1, 0.15) is 5.56 Å². The van der Waals surface area contributed by atoms with E-state index in [4.69, 9.17) is 0 Å². The van der Waals surface area contributed by atoms with Crippen LogP contribution >= 0.6 is 27.7 Å². The Bertz CT molecular complexity index is 684. The second kappa shape index (κ2) is 4.21. The fraction of sp³-hybridized carbons (Fsp3) is 0.0833. The van der Waals surface area contributed by atoms with E-state index in [1.165, 1.54) is 4.90 Å².